The molecule has 3 saturated heterocycles. The summed E-state index contributed by atoms with van der Waals surface area (Å²) in [5.74, 6) is 4.04. The first-order valence-electron chi connectivity index (χ1n) is 12.5. The summed E-state index contributed by atoms with van der Waals surface area (Å²) in [4.78, 5) is 14.7. The van der Waals surface area contributed by atoms with Crippen LogP contribution in [0.5, 0.6) is 0 Å². The predicted molar refractivity (Wildman–Crippen MR) is 137 cm³/mol. The second-order valence-electron chi connectivity index (χ2n) is 11.9. The van der Waals surface area contributed by atoms with Crippen LogP contribution in [-0.2, 0) is 18.4 Å². The Morgan fingerprint density at radius 1 is 1.12 bits per heavy atom. The predicted octanol–water partition coefficient (Wildman–Crippen LogP) is 5.72. The van der Waals surface area contributed by atoms with Gasteiger partial charge in [-0.15, -0.1) is 0 Å². The minimum absolute atomic E-state index is 0.00336. The van der Waals surface area contributed by atoms with Gasteiger partial charge in [-0.1, -0.05) is 34.6 Å². The van der Waals surface area contributed by atoms with Crippen LogP contribution in [0.4, 0.5) is 0 Å². The summed E-state index contributed by atoms with van der Waals surface area (Å²) in [6.07, 6.45) is 6.69. The van der Waals surface area contributed by atoms with E-state index < -0.39 is 8.56 Å². The van der Waals surface area contributed by atoms with Crippen LogP contribution < -0.4 is 0 Å². The number of carbonyl (C=O) groups excluding carboxylic acids is 1. The van der Waals surface area contributed by atoms with E-state index in [2.05, 4.69) is 57.8 Å². The number of fused-ring (bicyclic) bond motifs is 3. The van der Waals surface area contributed by atoms with E-state index in [0.29, 0.717) is 19.1 Å². The van der Waals surface area contributed by atoms with Gasteiger partial charge in [0, 0.05) is 31.8 Å². The number of thioether (sulfide) groups is 1. The van der Waals surface area contributed by atoms with Crippen LogP contribution >= 0.6 is 11.8 Å². The Hall–Kier alpha value is -0.0831. The highest BCUT2D eigenvalue weighted by Crippen LogP contribution is 2.43. The summed E-state index contributed by atoms with van der Waals surface area (Å²) >= 11 is 2.11. The van der Waals surface area contributed by atoms with E-state index in [9.17, 15) is 4.79 Å². The number of ether oxygens (including phenoxy) is 1. The fourth-order valence-electron chi connectivity index (χ4n) is 5.24. The summed E-state index contributed by atoms with van der Waals surface area (Å²) in [5.41, 5.74) is -0.00336. The molecule has 32 heavy (non-hydrogen) atoms. The summed E-state index contributed by atoms with van der Waals surface area (Å²) in [5, 5.41) is 0.123. The van der Waals surface area contributed by atoms with Crippen LogP contribution in [0.3, 0.4) is 0 Å². The second kappa shape index (κ2) is 12.1. The Morgan fingerprint density at radius 3 is 2.38 bits per heavy atom. The maximum atomic E-state index is 12.1. The summed E-state index contributed by atoms with van der Waals surface area (Å²) in [6, 6.07) is 0.434. The van der Waals surface area contributed by atoms with Crippen molar-refractivity contribution in [3.63, 3.8) is 0 Å². The first kappa shape index (κ1) is 28.2. The highest BCUT2D eigenvalue weighted by Gasteiger charge is 2.46. The molecule has 0 aromatic heterocycles. The molecule has 0 spiro atoms. The van der Waals surface area contributed by atoms with Crippen molar-refractivity contribution < 1.29 is 18.4 Å². The lowest BCUT2D eigenvalue weighted by Gasteiger charge is -2.49. The van der Waals surface area contributed by atoms with Crippen molar-refractivity contribution in [3.8, 4) is 0 Å². The molecule has 2 bridgehead atoms. The van der Waals surface area contributed by atoms with Crippen LogP contribution in [-0.4, -0.2) is 70.9 Å². The number of carbonyl (C=O) groups is 1. The largest absolute Gasteiger partial charge is 0.464 e. The summed E-state index contributed by atoms with van der Waals surface area (Å²) in [7, 11) is 1.48. The maximum Gasteiger partial charge on any atom is 0.340 e. The number of esters is 1. The molecule has 0 saturated carbocycles. The molecule has 0 aromatic carbocycles. The average molecular weight is 488 g/mol. The minimum atomic E-state index is -2.11. The third kappa shape index (κ3) is 8.00. The summed E-state index contributed by atoms with van der Waals surface area (Å²) < 4.78 is 17.2. The summed E-state index contributed by atoms with van der Waals surface area (Å²) in [6.45, 7) is 15.9. The van der Waals surface area contributed by atoms with Gasteiger partial charge in [0.1, 0.15) is 6.61 Å². The van der Waals surface area contributed by atoms with Gasteiger partial charge in [-0.25, -0.2) is 0 Å². The number of rotatable bonds is 13. The standard InChI is InChI=1S/C25H49NO4SSi/c1-24(2,3)17-23(27)30-19-22-16-20-10-13-26(22)18-21(20)11-15-31-14-9-12-25(4,5)32(8,28-6)29-7/h20-22H,9-19H2,1-8H3/t20?,21?,22-/m0/s1. The fraction of sp³-hybridized carbons (Fsp3) is 0.960. The molecule has 3 rings (SSSR count). The Kier molecular flexibility index (Phi) is 10.6. The molecule has 3 aliphatic heterocycles. The second-order valence-corrected chi connectivity index (χ2v) is 17.1. The van der Waals surface area contributed by atoms with Gasteiger partial charge in [0.15, 0.2) is 0 Å². The van der Waals surface area contributed by atoms with Crippen molar-refractivity contribution in [1.29, 1.82) is 0 Å². The highest BCUT2D eigenvalue weighted by atomic mass is 32.2. The zero-order chi connectivity index (χ0) is 24.0. The monoisotopic (exact) mass is 487 g/mol. The molecular weight excluding hydrogens is 438 g/mol. The van der Waals surface area contributed by atoms with Gasteiger partial charge in [0.25, 0.3) is 0 Å². The van der Waals surface area contributed by atoms with E-state index in [1.807, 2.05) is 0 Å². The van der Waals surface area contributed by atoms with E-state index in [-0.39, 0.29) is 16.4 Å². The van der Waals surface area contributed by atoms with Crippen LogP contribution in [0, 0.1) is 17.3 Å². The number of hydrogen-bond acceptors (Lipinski definition) is 6. The molecule has 0 N–H and O–H groups in total. The third-order valence-electron chi connectivity index (χ3n) is 7.86. The molecule has 0 aromatic rings. The zero-order valence-corrected chi connectivity index (χ0v) is 23.8. The van der Waals surface area contributed by atoms with E-state index >= 15 is 0 Å². The molecule has 188 valence electrons. The molecule has 3 aliphatic rings. The van der Waals surface area contributed by atoms with Gasteiger partial charge in [-0.2, -0.15) is 11.8 Å². The number of piperidine rings is 3. The van der Waals surface area contributed by atoms with E-state index in [0.717, 1.165) is 18.3 Å². The van der Waals surface area contributed by atoms with E-state index in [4.69, 9.17) is 13.6 Å². The Labute approximate surface area is 202 Å². The lowest BCUT2D eigenvalue weighted by molar-refractivity contribution is -0.149. The topological polar surface area (TPSA) is 48.0 Å². The number of nitrogens with zero attached hydrogens (tertiary/aromatic N) is 1. The highest BCUT2D eigenvalue weighted by molar-refractivity contribution is 7.99. The molecule has 0 radical (unpaired) electrons. The van der Waals surface area contributed by atoms with Crippen molar-refractivity contribution in [2.75, 3.05) is 45.4 Å². The van der Waals surface area contributed by atoms with Gasteiger partial charge in [0.2, 0.25) is 0 Å². The molecule has 3 fully saturated rings. The molecule has 0 aliphatic carbocycles. The molecule has 0 amide bonds. The zero-order valence-electron chi connectivity index (χ0n) is 22.0. The lowest BCUT2D eigenvalue weighted by Crippen LogP contribution is -2.55. The van der Waals surface area contributed by atoms with Crippen LogP contribution in [0.1, 0.15) is 73.1 Å². The average Bonchev–Trinajstić information content (AvgIpc) is 2.73. The molecule has 7 heteroatoms. The molecule has 4 atom stereocenters. The van der Waals surface area contributed by atoms with Gasteiger partial charge in [-0.05, 0) is 74.0 Å². The van der Waals surface area contributed by atoms with Crippen molar-refractivity contribution in [3.05, 3.63) is 0 Å². The SMILES string of the molecule is CO[Si](C)(OC)C(C)(C)CCCSCCC1CN2CCC1C[C@H]2COC(=O)CC(C)(C)C. The number of hydrogen-bond donors (Lipinski definition) is 0. The Morgan fingerprint density at radius 2 is 1.81 bits per heavy atom. The van der Waals surface area contributed by atoms with Crippen molar-refractivity contribution in [2.24, 2.45) is 17.3 Å². The normalized spacial score (nSPS) is 26.4. The first-order valence-corrected chi connectivity index (χ1v) is 16.0. The van der Waals surface area contributed by atoms with Crippen molar-refractivity contribution >= 4 is 26.3 Å². The van der Waals surface area contributed by atoms with E-state index in [1.165, 1.54) is 50.3 Å². The van der Waals surface area contributed by atoms with Crippen molar-refractivity contribution in [1.82, 2.24) is 4.90 Å². The van der Waals surface area contributed by atoms with Gasteiger partial charge in [-0.3, -0.25) is 9.69 Å². The molecule has 3 heterocycles. The quantitative estimate of drug-likeness (QED) is 0.188. The van der Waals surface area contributed by atoms with Crippen molar-refractivity contribution in [2.45, 2.75) is 90.8 Å². The smallest absolute Gasteiger partial charge is 0.340 e. The van der Waals surface area contributed by atoms with E-state index in [1.54, 1.807) is 14.2 Å². The Balaban J connectivity index is 1.64. The Bertz CT molecular complexity index is 591. The lowest BCUT2D eigenvalue weighted by atomic mass is 9.74. The van der Waals surface area contributed by atoms with Crippen LogP contribution in [0.15, 0.2) is 0 Å². The molecule has 5 nitrogen and oxygen atoms in total. The molecular formula is C25H49NO4SSi. The van der Waals surface area contributed by atoms with Gasteiger partial charge >= 0.3 is 14.5 Å². The minimum Gasteiger partial charge on any atom is -0.464 e. The first-order chi connectivity index (χ1) is 14.9. The van der Waals surface area contributed by atoms with Gasteiger partial charge < -0.3 is 13.6 Å². The third-order valence-corrected chi connectivity index (χ3v) is 13.2. The van der Waals surface area contributed by atoms with Gasteiger partial charge in [0.05, 0.1) is 6.42 Å². The fourth-order valence-corrected chi connectivity index (χ4v) is 8.16. The van der Waals surface area contributed by atoms with Crippen LogP contribution in [0.25, 0.3) is 0 Å². The van der Waals surface area contributed by atoms with Crippen LogP contribution in [0.2, 0.25) is 11.6 Å². The molecule has 3 unspecified atom stereocenters. The maximum absolute atomic E-state index is 12.1.